The van der Waals surface area contributed by atoms with Gasteiger partial charge in [0, 0.05) is 15.6 Å². The highest BCUT2D eigenvalue weighted by Crippen LogP contribution is 2.28. The SMILES string of the molecule is Cc1ccc(Cl)cc1-n1nnc(-c2nc(-c3ccc(Cl)cc3)no2)c1N. The molecule has 0 fully saturated rings. The van der Waals surface area contributed by atoms with Crippen molar-refractivity contribution in [2.24, 2.45) is 0 Å². The van der Waals surface area contributed by atoms with Crippen LogP contribution in [0.1, 0.15) is 5.56 Å². The van der Waals surface area contributed by atoms with Crippen LogP contribution in [0.5, 0.6) is 0 Å². The Bertz CT molecular complexity index is 1090. The highest BCUT2D eigenvalue weighted by molar-refractivity contribution is 6.31. The van der Waals surface area contributed by atoms with Crippen LogP contribution in [-0.2, 0) is 0 Å². The van der Waals surface area contributed by atoms with Crippen LogP contribution >= 0.6 is 23.2 Å². The first kappa shape index (κ1) is 16.6. The smallest absolute Gasteiger partial charge is 0.282 e. The van der Waals surface area contributed by atoms with E-state index in [1.54, 1.807) is 36.4 Å². The highest BCUT2D eigenvalue weighted by atomic mass is 35.5. The van der Waals surface area contributed by atoms with Gasteiger partial charge in [0.25, 0.3) is 5.89 Å². The topological polar surface area (TPSA) is 95.6 Å². The summed E-state index contributed by atoms with van der Waals surface area (Å²) in [4.78, 5) is 4.35. The summed E-state index contributed by atoms with van der Waals surface area (Å²) in [5.74, 6) is 0.865. The van der Waals surface area contributed by atoms with E-state index in [4.69, 9.17) is 33.5 Å². The third-order valence-corrected chi connectivity index (χ3v) is 4.32. The minimum absolute atomic E-state index is 0.179. The molecule has 9 heteroatoms. The summed E-state index contributed by atoms with van der Waals surface area (Å²) in [6.45, 7) is 1.93. The normalized spacial score (nSPS) is 11.0. The van der Waals surface area contributed by atoms with Crippen molar-refractivity contribution in [3.63, 3.8) is 0 Å². The van der Waals surface area contributed by atoms with E-state index < -0.39 is 0 Å². The number of benzene rings is 2. The zero-order valence-electron chi connectivity index (χ0n) is 13.5. The fraction of sp³-hybridized carbons (Fsp3) is 0.0588. The summed E-state index contributed by atoms with van der Waals surface area (Å²) in [7, 11) is 0. The number of nitrogen functional groups attached to an aromatic ring is 1. The maximum absolute atomic E-state index is 6.20. The second-order valence-corrected chi connectivity index (χ2v) is 6.47. The van der Waals surface area contributed by atoms with Gasteiger partial charge in [-0.2, -0.15) is 9.67 Å². The monoisotopic (exact) mass is 386 g/mol. The standard InChI is InChI=1S/C17H12Cl2N6O/c1-9-2-5-12(19)8-13(9)25-15(20)14(22-24-25)17-21-16(23-26-17)10-3-6-11(18)7-4-10/h2-8H,20H2,1H3. The fourth-order valence-corrected chi connectivity index (χ4v) is 2.76. The van der Waals surface area contributed by atoms with Gasteiger partial charge in [-0.05, 0) is 48.9 Å². The van der Waals surface area contributed by atoms with Gasteiger partial charge in [-0.3, -0.25) is 0 Å². The Kier molecular flexibility index (Phi) is 4.10. The Morgan fingerprint density at radius 3 is 2.54 bits per heavy atom. The minimum atomic E-state index is 0.179. The van der Waals surface area contributed by atoms with Gasteiger partial charge in [0.05, 0.1) is 5.69 Å². The van der Waals surface area contributed by atoms with Crippen molar-refractivity contribution in [2.75, 3.05) is 5.73 Å². The quantitative estimate of drug-likeness (QED) is 0.567. The average Bonchev–Trinajstić information content (AvgIpc) is 3.24. The van der Waals surface area contributed by atoms with E-state index in [9.17, 15) is 0 Å². The molecule has 0 saturated carbocycles. The molecule has 0 aliphatic rings. The van der Waals surface area contributed by atoms with Crippen LogP contribution in [0.2, 0.25) is 10.0 Å². The van der Waals surface area contributed by atoms with Crippen LogP contribution in [0.25, 0.3) is 28.7 Å². The third kappa shape index (κ3) is 2.91. The van der Waals surface area contributed by atoms with E-state index in [-0.39, 0.29) is 11.7 Å². The molecule has 4 aromatic rings. The number of hydrogen-bond acceptors (Lipinski definition) is 6. The van der Waals surface area contributed by atoms with Crippen molar-refractivity contribution in [3.8, 4) is 28.7 Å². The maximum atomic E-state index is 6.20. The molecule has 26 heavy (non-hydrogen) atoms. The lowest BCUT2D eigenvalue weighted by Gasteiger charge is -2.07. The molecule has 0 unspecified atom stereocenters. The molecule has 0 saturated heterocycles. The van der Waals surface area contributed by atoms with Gasteiger partial charge in [0.2, 0.25) is 5.82 Å². The predicted molar refractivity (Wildman–Crippen MR) is 99.3 cm³/mol. The van der Waals surface area contributed by atoms with Gasteiger partial charge in [0.1, 0.15) is 0 Å². The molecule has 2 heterocycles. The van der Waals surface area contributed by atoms with E-state index in [1.807, 2.05) is 13.0 Å². The summed E-state index contributed by atoms with van der Waals surface area (Å²) in [6.07, 6.45) is 0. The molecule has 2 aromatic heterocycles. The molecule has 0 bridgehead atoms. The molecule has 7 nitrogen and oxygen atoms in total. The van der Waals surface area contributed by atoms with Crippen molar-refractivity contribution in [2.45, 2.75) is 6.92 Å². The third-order valence-electron chi connectivity index (χ3n) is 3.84. The van der Waals surface area contributed by atoms with E-state index in [2.05, 4.69) is 20.5 Å². The Labute approximate surface area is 158 Å². The van der Waals surface area contributed by atoms with Gasteiger partial charge < -0.3 is 10.3 Å². The number of hydrogen-bond donors (Lipinski definition) is 1. The number of halogens is 2. The second kappa shape index (κ2) is 6.44. The fourth-order valence-electron chi connectivity index (χ4n) is 2.47. The van der Waals surface area contributed by atoms with Crippen LogP contribution in [0.15, 0.2) is 47.0 Å². The summed E-state index contributed by atoms with van der Waals surface area (Å²) >= 11 is 12.0. The summed E-state index contributed by atoms with van der Waals surface area (Å²) in [5, 5.41) is 13.3. The molecular weight excluding hydrogens is 375 g/mol. The number of nitrogens with zero attached hydrogens (tertiary/aromatic N) is 5. The molecule has 4 rings (SSSR count). The number of anilines is 1. The molecular formula is C17H12Cl2N6O. The molecule has 0 atom stereocenters. The van der Waals surface area contributed by atoms with Crippen molar-refractivity contribution < 1.29 is 4.52 Å². The Hall–Kier alpha value is -2.90. The van der Waals surface area contributed by atoms with Crippen LogP contribution in [-0.4, -0.2) is 25.1 Å². The van der Waals surface area contributed by atoms with Gasteiger partial charge in [-0.15, -0.1) is 5.10 Å². The molecule has 0 radical (unpaired) electrons. The lowest BCUT2D eigenvalue weighted by Crippen LogP contribution is -2.04. The van der Waals surface area contributed by atoms with Gasteiger partial charge >= 0.3 is 0 Å². The summed E-state index contributed by atoms with van der Waals surface area (Å²) < 4.78 is 6.79. The number of aryl methyl sites for hydroxylation is 1. The average molecular weight is 387 g/mol. The molecule has 2 aromatic carbocycles. The molecule has 130 valence electrons. The maximum Gasteiger partial charge on any atom is 0.282 e. The molecule has 2 N–H and O–H groups in total. The first-order valence-electron chi connectivity index (χ1n) is 7.60. The molecule has 0 spiro atoms. The number of nitrogens with two attached hydrogens (primary N) is 1. The van der Waals surface area contributed by atoms with Gasteiger partial charge in [-0.25, -0.2) is 0 Å². The van der Waals surface area contributed by atoms with Crippen molar-refractivity contribution >= 4 is 29.0 Å². The summed E-state index contributed by atoms with van der Waals surface area (Å²) in [5.41, 5.74) is 8.95. The number of aromatic nitrogens is 5. The van der Waals surface area contributed by atoms with E-state index in [0.29, 0.717) is 21.6 Å². The zero-order chi connectivity index (χ0) is 18.3. The van der Waals surface area contributed by atoms with E-state index in [1.165, 1.54) is 4.68 Å². The lowest BCUT2D eigenvalue weighted by molar-refractivity contribution is 0.431. The largest absolute Gasteiger partial charge is 0.382 e. The number of rotatable bonds is 3. The van der Waals surface area contributed by atoms with E-state index in [0.717, 1.165) is 16.8 Å². The highest BCUT2D eigenvalue weighted by Gasteiger charge is 2.20. The lowest BCUT2D eigenvalue weighted by atomic mass is 10.2. The predicted octanol–water partition coefficient (Wildman–Crippen LogP) is 4.18. The van der Waals surface area contributed by atoms with Crippen LogP contribution < -0.4 is 5.73 Å². The Balaban J connectivity index is 1.73. The zero-order valence-corrected chi connectivity index (χ0v) is 15.0. The summed E-state index contributed by atoms with van der Waals surface area (Å²) in [6, 6.07) is 12.5. The Morgan fingerprint density at radius 2 is 1.77 bits per heavy atom. The van der Waals surface area contributed by atoms with E-state index >= 15 is 0 Å². The molecule has 0 amide bonds. The first-order chi connectivity index (χ1) is 12.5. The van der Waals surface area contributed by atoms with Crippen molar-refractivity contribution in [1.29, 1.82) is 0 Å². The molecule has 0 aliphatic heterocycles. The first-order valence-corrected chi connectivity index (χ1v) is 8.36. The van der Waals surface area contributed by atoms with Gasteiger partial charge in [0.15, 0.2) is 11.5 Å². The van der Waals surface area contributed by atoms with Gasteiger partial charge in [-0.1, -0.05) is 39.6 Å². The van der Waals surface area contributed by atoms with Crippen molar-refractivity contribution in [1.82, 2.24) is 25.1 Å². The van der Waals surface area contributed by atoms with Crippen LogP contribution in [0.4, 0.5) is 5.82 Å². The Morgan fingerprint density at radius 1 is 1.04 bits per heavy atom. The van der Waals surface area contributed by atoms with Crippen LogP contribution in [0.3, 0.4) is 0 Å². The second-order valence-electron chi connectivity index (χ2n) is 5.60. The van der Waals surface area contributed by atoms with Crippen molar-refractivity contribution in [3.05, 3.63) is 58.1 Å². The van der Waals surface area contributed by atoms with Crippen LogP contribution in [0, 0.1) is 6.92 Å². The molecule has 0 aliphatic carbocycles. The minimum Gasteiger partial charge on any atom is -0.382 e.